The second kappa shape index (κ2) is 5.51. The summed E-state index contributed by atoms with van der Waals surface area (Å²) in [4.78, 5) is 5.02. The molecule has 0 amide bonds. The van der Waals surface area contributed by atoms with Crippen molar-refractivity contribution in [1.29, 1.82) is 0 Å². The van der Waals surface area contributed by atoms with Gasteiger partial charge in [0.1, 0.15) is 0 Å². The summed E-state index contributed by atoms with van der Waals surface area (Å²) < 4.78 is 6.79. The molecular formula is C26H18N4. The lowest BCUT2D eigenvalue weighted by Crippen LogP contribution is -1.93. The average molecular weight is 386 g/mol. The van der Waals surface area contributed by atoms with Gasteiger partial charge in [0.05, 0.1) is 33.1 Å². The Kier molecular flexibility index (Phi) is 2.91. The number of benzene rings is 4. The third-order valence-electron chi connectivity index (χ3n) is 6.23. The van der Waals surface area contributed by atoms with E-state index in [0.717, 1.165) is 22.5 Å². The largest absolute Gasteiger partial charge is 0.313 e. The minimum atomic E-state index is 0.967. The number of hydrogen-bond donors (Lipinski definition) is 0. The number of fused-ring (bicyclic) bond motifs is 8. The Morgan fingerprint density at radius 1 is 0.600 bits per heavy atom. The predicted octanol–water partition coefficient (Wildman–Crippen LogP) is 6.08. The number of rotatable bonds is 1. The summed E-state index contributed by atoms with van der Waals surface area (Å²) in [6.07, 6.45) is 0. The van der Waals surface area contributed by atoms with Gasteiger partial charge in [0.15, 0.2) is 0 Å². The molecule has 7 aromatic rings. The van der Waals surface area contributed by atoms with Crippen LogP contribution in [0.5, 0.6) is 0 Å². The van der Waals surface area contributed by atoms with E-state index in [1.165, 1.54) is 32.8 Å². The molecule has 7 rings (SSSR count). The van der Waals surface area contributed by atoms with Crippen LogP contribution in [0.3, 0.4) is 0 Å². The van der Waals surface area contributed by atoms with Crippen molar-refractivity contribution in [1.82, 2.24) is 18.5 Å². The lowest BCUT2D eigenvalue weighted by molar-refractivity contribution is 0.973. The molecule has 0 fully saturated rings. The molecule has 0 aliphatic heterocycles. The minimum absolute atomic E-state index is 0.967. The van der Waals surface area contributed by atoms with Gasteiger partial charge in [0.25, 0.3) is 0 Å². The second-order valence-corrected chi connectivity index (χ2v) is 7.84. The monoisotopic (exact) mass is 386 g/mol. The van der Waals surface area contributed by atoms with E-state index in [0.29, 0.717) is 0 Å². The van der Waals surface area contributed by atoms with E-state index < -0.39 is 0 Å². The van der Waals surface area contributed by atoms with Crippen LogP contribution in [0.2, 0.25) is 0 Å². The summed E-state index contributed by atoms with van der Waals surface area (Å²) in [6, 6.07) is 32.2. The Morgan fingerprint density at radius 2 is 1.30 bits per heavy atom. The standard InChI is InChI=1S/C26H18N4/c1-28-22-13-7-8-14-23(22)30-25-15-19-18-11-5-6-12-21(18)29(17-9-3-2-4-10-17)24(19)16-20(25)27-26(28)30/h2-16H,1H3. The van der Waals surface area contributed by atoms with Crippen LogP contribution >= 0.6 is 0 Å². The first kappa shape index (κ1) is 15.8. The van der Waals surface area contributed by atoms with Crippen LogP contribution < -0.4 is 0 Å². The van der Waals surface area contributed by atoms with Gasteiger partial charge in [-0.3, -0.25) is 4.40 Å². The van der Waals surface area contributed by atoms with Crippen molar-refractivity contribution in [3.8, 4) is 5.69 Å². The number of imidazole rings is 2. The molecule has 4 heteroatoms. The molecule has 0 aliphatic carbocycles. The summed E-state index contributed by atoms with van der Waals surface area (Å²) in [5.74, 6) is 0.967. The fourth-order valence-corrected chi connectivity index (χ4v) is 4.89. The van der Waals surface area contributed by atoms with Crippen LogP contribution in [0, 0.1) is 0 Å². The number of para-hydroxylation sites is 4. The van der Waals surface area contributed by atoms with Gasteiger partial charge in [-0.05, 0) is 42.5 Å². The van der Waals surface area contributed by atoms with Crippen molar-refractivity contribution in [3.05, 3.63) is 91.0 Å². The van der Waals surface area contributed by atoms with E-state index in [2.05, 4.69) is 112 Å². The number of nitrogens with zero attached hydrogens (tertiary/aromatic N) is 4. The van der Waals surface area contributed by atoms with Gasteiger partial charge < -0.3 is 9.13 Å². The lowest BCUT2D eigenvalue weighted by atomic mass is 10.1. The molecule has 0 saturated carbocycles. The Labute approximate surface area is 172 Å². The third kappa shape index (κ3) is 1.88. The Morgan fingerprint density at radius 3 is 2.13 bits per heavy atom. The lowest BCUT2D eigenvalue weighted by Gasteiger charge is -2.07. The van der Waals surface area contributed by atoms with Crippen molar-refractivity contribution < 1.29 is 0 Å². The molecule has 4 nitrogen and oxygen atoms in total. The Hall–Kier alpha value is -4.05. The van der Waals surface area contributed by atoms with E-state index >= 15 is 0 Å². The Bertz CT molecular complexity index is 1750. The van der Waals surface area contributed by atoms with Crippen molar-refractivity contribution >= 4 is 49.7 Å². The second-order valence-electron chi connectivity index (χ2n) is 7.84. The molecular weight excluding hydrogens is 368 g/mol. The average Bonchev–Trinajstić information content (AvgIpc) is 3.41. The fraction of sp³-hybridized carbons (Fsp3) is 0.0385. The summed E-state index contributed by atoms with van der Waals surface area (Å²) in [6.45, 7) is 0. The number of hydrogen-bond acceptors (Lipinski definition) is 1. The van der Waals surface area contributed by atoms with E-state index in [9.17, 15) is 0 Å². The normalized spacial score (nSPS) is 12.2. The summed E-state index contributed by atoms with van der Waals surface area (Å²) >= 11 is 0. The first-order valence-corrected chi connectivity index (χ1v) is 10.2. The summed E-state index contributed by atoms with van der Waals surface area (Å²) in [7, 11) is 2.09. The maximum Gasteiger partial charge on any atom is 0.215 e. The highest BCUT2D eigenvalue weighted by Gasteiger charge is 2.18. The highest BCUT2D eigenvalue weighted by molar-refractivity contribution is 6.13. The van der Waals surface area contributed by atoms with Crippen molar-refractivity contribution in [2.24, 2.45) is 7.05 Å². The zero-order chi connectivity index (χ0) is 19.8. The van der Waals surface area contributed by atoms with Crippen LogP contribution in [-0.2, 0) is 7.05 Å². The predicted molar refractivity (Wildman–Crippen MR) is 124 cm³/mol. The smallest absolute Gasteiger partial charge is 0.215 e. The van der Waals surface area contributed by atoms with Gasteiger partial charge in [-0.2, -0.15) is 0 Å². The molecule has 0 N–H and O–H groups in total. The van der Waals surface area contributed by atoms with E-state index in [1.54, 1.807) is 0 Å². The molecule has 4 aromatic carbocycles. The molecule has 0 radical (unpaired) electrons. The topological polar surface area (TPSA) is 27.2 Å². The molecule has 0 saturated heterocycles. The van der Waals surface area contributed by atoms with Crippen LogP contribution in [0.15, 0.2) is 91.0 Å². The van der Waals surface area contributed by atoms with Crippen LogP contribution in [0.25, 0.3) is 55.3 Å². The van der Waals surface area contributed by atoms with Crippen LogP contribution in [0.1, 0.15) is 0 Å². The van der Waals surface area contributed by atoms with E-state index in [-0.39, 0.29) is 0 Å². The van der Waals surface area contributed by atoms with Gasteiger partial charge in [-0.15, -0.1) is 0 Å². The molecule has 0 aliphatic rings. The van der Waals surface area contributed by atoms with Gasteiger partial charge in [0.2, 0.25) is 5.78 Å². The molecule has 3 aromatic heterocycles. The van der Waals surface area contributed by atoms with Gasteiger partial charge in [-0.25, -0.2) is 4.98 Å². The third-order valence-corrected chi connectivity index (χ3v) is 6.23. The molecule has 0 bridgehead atoms. The quantitative estimate of drug-likeness (QED) is 0.336. The van der Waals surface area contributed by atoms with Gasteiger partial charge in [0, 0.05) is 23.5 Å². The first-order chi connectivity index (χ1) is 14.8. The summed E-state index contributed by atoms with van der Waals surface area (Å²) in [5, 5.41) is 2.50. The van der Waals surface area contributed by atoms with E-state index in [1.807, 2.05) is 0 Å². The van der Waals surface area contributed by atoms with Crippen molar-refractivity contribution in [3.63, 3.8) is 0 Å². The minimum Gasteiger partial charge on any atom is -0.313 e. The zero-order valence-corrected chi connectivity index (χ0v) is 16.4. The number of aromatic nitrogens is 4. The molecule has 30 heavy (non-hydrogen) atoms. The number of aryl methyl sites for hydroxylation is 1. The zero-order valence-electron chi connectivity index (χ0n) is 16.4. The van der Waals surface area contributed by atoms with Crippen molar-refractivity contribution in [2.75, 3.05) is 0 Å². The van der Waals surface area contributed by atoms with Crippen molar-refractivity contribution in [2.45, 2.75) is 0 Å². The molecule has 0 spiro atoms. The van der Waals surface area contributed by atoms with E-state index in [4.69, 9.17) is 4.98 Å². The maximum absolute atomic E-state index is 5.02. The molecule has 142 valence electrons. The van der Waals surface area contributed by atoms with Crippen LogP contribution in [0.4, 0.5) is 0 Å². The van der Waals surface area contributed by atoms with Crippen LogP contribution in [-0.4, -0.2) is 18.5 Å². The molecule has 0 atom stereocenters. The highest BCUT2D eigenvalue weighted by Crippen LogP contribution is 2.35. The SMILES string of the molecule is Cn1c2ccccc2n2c3cc4c5ccccc5n(-c5ccccc5)c4cc3nc12. The summed E-state index contributed by atoms with van der Waals surface area (Å²) in [5.41, 5.74) is 8.09. The first-order valence-electron chi connectivity index (χ1n) is 10.2. The molecule has 0 unspecified atom stereocenters. The van der Waals surface area contributed by atoms with Gasteiger partial charge >= 0.3 is 0 Å². The Balaban J connectivity index is 1.71. The molecule has 3 heterocycles. The fourth-order valence-electron chi connectivity index (χ4n) is 4.89. The maximum atomic E-state index is 5.02. The van der Waals surface area contributed by atoms with Gasteiger partial charge in [-0.1, -0.05) is 48.5 Å². The highest BCUT2D eigenvalue weighted by atomic mass is 15.2.